The van der Waals surface area contributed by atoms with Gasteiger partial charge in [0.05, 0.1) is 23.7 Å². The first-order chi connectivity index (χ1) is 12.7. The Morgan fingerprint density at radius 2 is 1.92 bits per heavy atom. The van der Waals surface area contributed by atoms with Gasteiger partial charge in [-0.1, -0.05) is 31.4 Å². The predicted octanol–water partition coefficient (Wildman–Crippen LogP) is 4.98. The number of aromatic amines is 1. The summed E-state index contributed by atoms with van der Waals surface area (Å²) >= 11 is 3.59. The normalized spacial score (nSPS) is 22.8. The molecule has 130 valence electrons. The van der Waals surface area contributed by atoms with Gasteiger partial charge >= 0.3 is 0 Å². The van der Waals surface area contributed by atoms with E-state index in [2.05, 4.69) is 38.3 Å². The number of H-pyrrole nitrogens is 1. The second kappa shape index (κ2) is 7.05. The molecule has 5 nitrogen and oxygen atoms in total. The quantitative estimate of drug-likeness (QED) is 0.760. The SMILES string of the molecule is N#Cc1cccc(C2c3cn[nH]c3N=C(C3CCCCC3)C2C#N)c1Br. The first-order valence-corrected chi connectivity index (χ1v) is 9.73. The molecule has 2 heterocycles. The van der Waals surface area contributed by atoms with E-state index in [9.17, 15) is 10.5 Å². The highest BCUT2D eigenvalue weighted by Crippen LogP contribution is 2.46. The van der Waals surface area contributed by atoms with Gasteiger partial charge in [-0.3, -0.25) is 5.10 Å². The fourth-order valence-corrected chi connectivity index (χ4v) is 4.86. The molecule has 26 heavy (non-hydrogen) atoms. The summed E-state index contributed by atoms with van der Waals surface area (Å²) in [4.78, 5) is 4.83. The first kappa shape index (κ1) is 17.0. The lowest BCUT2D eigenvalue weighted by molar-refractivity contribution is 0.427. The minimum Gasteiger partial charge on any atom is -0.261 e. The second-order valence-corrected chi connectivity index (χ2v) is 7.74. The van der Waals surface area contributed by atoms with E-state index in [1.54, 1.807) is 12.3 Å². The monoisotopic (exact) mass is 407 g/mol. The molecule has 0 bridgehead atoms. The van der Waals surface area contributed by atoms with Crippen molar-refractivity contribution in [2.24, 2.45) is 16.8 Å². The van der Waals surface area contributed by atoms with Crippen molar-refractivity contribution in [2.45, 2.75) is 38.0 Å². The lowest BCUT2D eigenvalue weighted by Crippen LogP contribution is -2.32. The fourth-order valence-electron chi connectivity index (χ4n) is 4.26. The second-order valence-electron chi connectivity index (χ2n) is 6.95. The zero-order chi connectivity index (χ0) is 18.1. The topological polar surface area (TPSA) is 88.6 Å². The minimum absolute atomic E-state index is 0.175. The first-order valence-electron chi connectivity index (χ1n) is 8.94. The summed E-state index contributed by atoms with van der Waals surface area (Å²) in [6.45, 7) is 0. The zero-order valence-corrected chi connectivity index (χ0v) is 15.8. The number of hydrogen-bond acceptors (Lipinski definition) is 4. The van der Waals surface area contributed by atoms with Crippen molar-refractivity contribution in [2.75, 3.05) is 0 Å². The van der Waals surface area contributed by atoms with Gasteiger partial charge in [0.2, 0.25) is 0 Å². The maximum absolute atomic E-state index is 10.1. The number of aliphatic imine (C=N–C) groups is 1. The molecule has 1 aromatic heterocycles. The minimum atomic E-state index is -0.339. The zero-order valence-electron chi connectivity index (χ0n) is 14.2. The van der Waals surface area contributed by atoms with Gasteiger partial charge in [-0.05, 0) is 46.3 Å². The molecule has 1 aromatic carbocycles. The molecule has 6 heteroatoms. The number of benzene rings is 1. The maximum atomic E-state index is 10.1. The average molecular weight is 408 g/mol. The van der Waals surface area contributed by atoms with Crippen LogP contribution in [0.1, 0.15) is 54.7 Å². The molecule has 2 unspecified atom stereocenters. The maximum Gasteiger partial charge on any atom is 0.151 e. The van der Waals surface area contributed by atoms with E-state index < -0.39 is 0 Å². The van der Waals surface area contributed by atoms with Gasteiger partial charge in [0.15, 0.2) is 5.82 Å². The van der Waals surface area contributed by atoms with Crippen molar-refractivity contribution < 1.29 is 0 Å². The molecule has 1 N–H and O–H groups in total. The number of nitrogens with zero attached hydrogens (tertiary/aromatic N) is 4. The van der Waals surface area contributed by atoms with Crippen molar-refractivity contribution >= 4 is 27.5 Å². The van der Waals surface area contributed by atoms with Crippen molar-refractivity contribution in [1.29, 1.82) is 10.5 Å². The Balaban J connectivity index is 1.86. The van der Waals surface area contributed by atoms with Crippen molar-refractivity contribution in [3.05, 3.63) is 45.6 Å². The smallest absolute Gasteiger partial charge is 0.151 e. The van der Waals surface area contributed by atoms with E-state index in [1.165, 1.54) is 19.3 Å². The highest BCUT2D eigenvalue weighted by Gasteiger charge is 2.40. The number of halogens is 1. The molecule has 1 fully saturated rings. The lowest BCUT2D eigenvalue weighted by atomic mass is 9.71. The van der Waals surface area contributed by atoms with Crippen LogP contribution < -0.4 is 0 Å². The third kappa shape index (κ3) is 2.75. The summed E-state index contributed by atoms with van der Waals surface area (Å²) in [6.07, 6.45) is 7.58. The van der Waals surface area contributed by atoms with Crippen LogP contribution in [0.3, 0.4) is 0 Å². The van der Waals surface area contributed by atoms with E-state index >= 15 is 0 Å². The highest BCUT2D eigenvalue weighted by atomic mass is 79.9. The molecule has 0 saturated heterocycles. The van der Waals surface area contributed by atoms with Crippen LogP contribution in [0.4, 0.5) is 5.82 Å². The molecule has 1 saturated carbocycles. The molecular weight excluding hydrogens is 390 g/mol. The Hall–Kier alpha value is -2.44. The van der Waals surface area contributed by atoms with Crippen LogP contribution in [0.5, 0.6) is 0 Å². The van der Waals surface area contributed by atoms with Crippen LogP contribution in [0.15, 0.2) is 33.9 Å². The number of aromatic nitrogens is 2. The average Bonchev–Trinajstić information content (AvgIpc) is 3.16. The van der Waals surface area contributed by atoms with Crippen LogP contribution in [-0.4, -0.2) is 15.9 Å². The van der Waals surface area contributed by atoms with Crippen molar-refractivity contribution in [3.63, 3.8) is 0 Å². The van der Waals surface area contributed by atoms with Crippen molar-refractivity contribution in [3.8, 4) is 12.1 Å². The molecule has 1 aliphatic heterocycles. The lowest BCUT2D eigenvalue weighted by Gasteiger charge is -2.33. The fraction of sp³-hybridized carbons (Fsp3) is 0.400. The highest BCUT2D eigenvalue weighted by molar-refractivity contribution is 9.10. The largest absolute Gasteiger partial charge is 0.261 e. The Morgan fingerprint density at radius 1 is 1.12 bits per heavy atom. The molecule has 2 atom stereocenters. The van der Waals surface area contributed by atoms with Crippen LogP contribution >= 0.6 is 15.9 Å². The van der Waals surface area contributed by atoms with Gasteiger partial charge in [0.25, 0.3) is 0 Å². The summed E-state index contributed by atoms with van der Waals surface area (Å²) < 4.78 is 0.754. The van der Waals surface area contributed by atoms with Gasteiger partial charge in [0, 0.05) is 21.7 Å². The molecule has 0 spiro atoms. The Bertz CT molecular complexity index is 940. The van der Waals surface area contributed by atoms with E-state index in [4.69, 9.17) is 4.99 Å². The van der Waals surface area contributed by atoms with Crippen molar-refractivity contribution in [1.82, 2.24) is 10.2 Å². The van der Waals surface area contributed by atoms with Gasteiger partial charge in [-0.25, -0.2) is 4.99 Å². The molecule has 0 amide bonds. The molecule has 4 rings (SSSR count). The van der Waals surface area contributed by atoms with E-state index in [0.29, 0.717) is 11.5 Å². The Morgan fingerprint density at radius 3 is 2.65 bits per heavy atom. The summed E-state index contributed by atoms with van der Waals surface area (Å²) in [5, 5.41) is 26.6. The van der Waals surface area contributed by atoms with Crippen LogP contribution in [-0.2, 0) is 0 Å². The summed E-state index contributed by atoms with van der Waals surface area (Å²) in [5.41, 5.74) is 3.42. The van der Waals surface area contributed by atoms with Gasteiger partial charge in [-0.2, -0.15) is 15.6 Å². The molecule has 2 aliphatic rings. The third-order valence-corrected chi connectivity index (χ3v) is 6.41. The van der Waals surface area contributed by atoms with Crippen LogP contribution in [0, 0.1) is 34.5 Å². The number of hydrogen-bond donors (Lipinski definition) is 1. The van der Waals surface area contributed by atoms with Crippen LogP contribution in [0.25, 0.3) is 0 Å². The number of rotatable bonds is 2. The summed E-state index contributed by atoms with van der Waals surface area (Å²) in [7, 11) is 0. The third-order valence-electron chi connectivity index (χ3n) is 5.52. The van der Waals surface area contributed by atoms with Gasteiger partial charge in [-0.15, -0.1) is 0 Å². The Labute approximate surface area is 160 Å². The van der Waals surface area contributed by atoms with E-state index in [-0.39, 0.29) is 11.8 Å². The summed E-state index contributed by atoms with van der Waals surface area (Å²) in [5.74, 6) is 0.584. The standard InChI is InChI=1S/C20H18BrN5/c21-18-13(9-22)7-4-8-14(18)17-15(10-23)19(12-5-2-1-3-6-12)25-20-16(17)11-24-26-20/h4,7-8,11-12,15,17H,1-3,5-6H2,(H,24,26). The molecular formula is C20H18BrN5. The molecule has 0 radical (unpaired) electrons. The van der Waals surface area contributed by atoms with E-state index in [1.807, 2.05) is 12.1 Å². The Kier molecular flexibility index (Phi) is 4.61. The molecule has 2 aromatic rings. The number of nitrogens with one attached hydrogen (secondary N) is 1. The number of nitriles is 2. The van der Waals surface area contributed by atoms with Gasteiger partial charge < -0.3 is 0 Å². The molecule has 1 aliphatic carbocycles. The van der Waals surface area contributed by atoms with E-state index in [0.717, 1.165) is 40.0 Å². The summed E-state index contributed by atoms with van der Waals surface area (Å²) in [6, 6.07) is 10.4. The predicted molar refractivity (Wildman–Crippen MR) is 102 cm³/mol. The number of fused-ring (bicyclic) bond motifs is 1. The van der Waals surface area contributed by atoms with Crippen LogP contribution in [0.2, 0.25) is 0 Å². The van der Waals surface area contributed by atoms with Gasteiger partial charge in [0.1, 0.15) is 6.07 Å².